The van der Waals surface area contributed by atoms with Gasteiger partial charge in [-0.15, -0.1) is 0 Å². The Bertz CT molecular complexity index is 1320. The Labute approximate surface area is 206 Å². The second-order valence-electron chi connectivity index (χ2n) is 8.70. The lowest BCUT2D eigenvalue weighted by atomic mass is 10.0. The Morgan fingerprint density at radius 3 is 2.39 bits per heavy atom. The lowest BCUT2D eigenvalue weighted by Crippen LogP contribution is -2.47. The van der Waals surface area contributed by atoms with Gasteiger partial charge in [0.1, 0.15) is 11.6 Å². The molecule has 36 heavy (non-hydrogen) atoms. The molecule has 0 spiro atoms. The normalized spacial score (nSPS) is 17.0. The number of nitrogens with two attached hydrogens (primary N) is 1. The van der Waals surface area contributed by atoms with Crippen LogP contribution < -0.4 is 10.6 Å². The van der Waals surface area contributed by atoms with Crippen LogP contribution in [-0.4, -0.2) is 40.8 Å². The first kappa shape index (κ1) is 25.8. The summed E-state index contributed by atoms with van der Waals surface area (Å²) in [4.78, 5) is 10.3. The summed E-state index contributed by atoms with van der Waals surface area (Å²) >= 11 is 0. The number of aromatic nitrogens is 2. The van der Waals surface area contributed by atoms with Gasteiger partial charge in [0.2, 0.25) is 0 Å². The lowest BCUT2D eigenvalue weighted by Gasteiger charge is -2.34. The van der Waals surface area contributed by atoms with E-state index in [1.165, 1.54) is 24.5 Å². The van der Waals surface area contributed by atoms with E-state index in [0.29, 0.717) is 45.5 Å². The van der Waals surface area contributed by atoms with Crippen molar-refractivity contribution in [2.45, 2.75) is 44.4 Å². The summed E-state index contributed by atoms with van der Waals surface area (Å²) in [5.74, 6) is -0.0160. The van der Waals surface area contributed by atoms with Gasteiger partial charge in [0.05, 0.1) is 24.6 Å². The molecule has 4 rings (SSSR count). The van der Waals surface area contributed by atoms with Crippen LogP contribution in [0.3, 0.4) is 0 Å². The molecule has 0 saturated heterocycles. The van der Waals surface area contributed by atoms with E-state index in [2.05, 4.69) is 9.97 Å². The molecule has 0 aliphatic carbocycles. The summed E-state index contributed by atoms with van der Waals surface area (Å²) in [6.45, 7) is 1.04. The van der Waals surface area contributed by atoms with E-state index in [1.807, 2.05) is 4.90 Å². The number of aryl methyl sites for hydroxylation is 2. The molecular formula is C24H25F4N5O2S. The van der Waals surface area contributed by atoms with Gasteiger partial charge >= 0.3 is 15.5 Å². The summed E-state index contributed by atoms with van der Waals surface area (Å²) in [6, 6.07) is 10.4. The third-order valence-electron chi connectivity index (χ3n) is 6.23. The molecule has 1 aromatic heterocycles. The van der Waals surface area contributed by atoms with Crippen LogP contribution in [0, 0.1) is 12.7 Å². The standard InChI is InChI=1S/C24H25F4N5O2S/c1-16-3-2-4-22-21(16)14-32(36(34,35)24(26,27)28)13-20(10-7-17-5-8-18(25)9-6-17)33(22)15-23-30-11-19(29)12-31-23/h2-6,8-9,11-12,20H,7,10,13-15,29H2,1H3. The third kappa shape index (κ3) is 5.44. The topological polar surface area (TPSA) is 92.4 Å². The molecule has 0 radical (unpaired) electrons. The number of alkyl halides is 3. The minimum atomic E-state index is -5.60. The maximum Gasteiger partial charge on any atom is 0.511 e. The minimum absolute atomic E-state index is 0.130. The molecule has 0 amide bonds. The van der Waals surface area contributed by atoms with Gasteiger partial charge in [-0.25, -0.2) is 22.8 Å². The Morgan fingerprint density at radius 2 is 1.75 bits per heavy atom. The molecule has 1 aliphatic rings. The van der Waals surface area contributed by atoms with Crippen molar-refractivity contribution in [2.24, 2.45) is 0 Å². The molecule has 2 aromatic carbocycles. The third-order valence-corrected chi connectivity index (χ3v) is 7.78. The molecule has 2 N–H and O–H groups in total. The highest BCUT2D eigenvalue weighted by Gasteiger charge is 2.51. The quantitative estimate of drug-likeness (QED) is 0.488. The predicted octanol–water partition coefficient (Wildman–Crippen LogP) is 4.18. The number of nitrogen functional groups attached to an aromatic ring is 1. The van der Waals surface area contributed by atoms with Crippen LogP contribution in [-0.2, 0) is 29.5 Å². The average Bonchev–Trinajstić information content (AvgIpc) is 2.98. The van der Waals surface area contributed by atoms with Crippen LogP contribution in [0.2, 0.25) is 0 Å². The van der Waals surface area contributed by atoms with Crippen molar-refractivity contribution in [3.05, 3.63) is 83.2 Å². The van der Waals surface area contributed by atoms with Crippen molar-refractivity contribution in [3.63, 3.8) is 0 Å². The number of hydrogen-bond acceptors (Lipinski definition) is 6. The Kier molecular flexibility index (Phi) is 7.19. The fraction of sp³-hybridized carbons (Fsp3) is 0.333. The molecule has 1 unspecified atom stereocenters. The van der Waals surface area contributed by atoms with E-state index in [0.717, 1.165) is 5.56 Å². The summed E-state index contributed by atoms with van der Waals surface area (Å²) < 4.78 is 79.8. The smallest absolute Gasteiger partial charge is 0.396 e. The molecule has 0 bridgehead atoms. The second-order valence-corrected chi connectivity index (χ2v) is 10.6. The number of nitrogens with zero attached hydrogens (tertiary/aromatic N) is 4. The van der Waals surface area contributed by atoms with E-state index in [1.54, 1.807) is 37.3 Å². The van der Waals surface area contributed by atoms with E-state index in [4.69, 9.17) is 5.73 Å². The molecule has 12 heteroatoms. The zero-order valence-electron chi connectivity index (χ0n) is 19.4. The molecule has 0 saturated carbocycles. The number of rotatable bonds is 6. The largest absolute Gasteiger partial charge is 0.511 e. The maximum atomic E-state index is 13.6. The first-order chi connectivity index (χ1) is 17.0. The zero-order valence-corrected chi connectivity index (χ0v) is 20.2. The van der Waals surface area contributed by atoms with Gasteiger partial charge in [-0.05, 0) is 54.7 Å². The van der Waals surface area contributed by atoms with E-state index in [-0.39, 0.29) is 6.54 Å². The molecular weight excluding hydrogens is 498 g/mol. The molecule has 2 heterocycles. The highest BCUT2D eigenvalue weighted by Crippen LogP contribution is 2.37. The zero-order chi connectivity index (χ0) is 26.1. The number of halogens is 4. The number of anilines is 2. The van der Waals surface area contributed by atoms with Crippen molar-refractivity contribution in [2.75, 3.05) is 17.2 Å². The first-order valence-electron chi connectivity index (χ1n) is 11.2. The van der Waals surface area contributed by atoms with Crippen LogP contribution >= 0.6 is 0 Å². The van der Waals surface area contributed by atoms with Crippen LogP contribution in [0.15, 0.2) is 54.9 Å². The highest BCUT2D eigenvalue weighted by atomic mass is 32.2. The van der Waals surface area contributed by atoms with Crippen LogP contribution in [0.4, 0.5) is 28.9 Å². The average molecular weight is 524 g/mol. The van der Waals surface area contributed by atoms with Gasteiger partial charge in [-0.1, -0.05) is 24.3 Å². The number of sulfonamides is 1. The highest BCUT2D eigenvalue weighted by molar-refractivity contribution is 7.89. The minimum Gasteiger partial charge on any atom is -0.396 e. The summed E-state index contributed by atoms with van der Waals surface area (Å²) in [5.41, 5.74) is 3.15. The van der Waals surface area contributed by atoms with Crippen LogP contribution in [0.1, 0.15) is 28.9 Å². The van der Waals surface area contributed by atoms with Gasteiger partial charge < -0.3 is 10.6 Å². The molecule has 0 fully saturated rings. The van der Waals surface area contributed by atoms with E-state index in [9.17, 15) is 26.0 Å². The fourth-order valence-electron chi connectivity index (χ4n) is 4.31. The fourth-order valence-corrected chi connectivity index (χ4v) is 5.27. The molecule has 1 aliphatic heterocycles. The molecule has 192 valence electrons. The summed E-state index contributed by atoms with van der Waals surface area (Å²) in [7, 11) is -5.60. The summed E-state index contributed by atoms with van der Waals surface area (Å²) in [5, 5.41) is 0. The SMILES string of the molecule is Cc1cccc2c1CN(S(=O)(=O)C(F)(F)F)CC(CCc1ccc(F)cc1)N2Cc1ncc(N)cn1. The Balaban J connectivity index is 1.78. The van der Waals surface area contributed by atoms with Crippen molar-refractivity contribution < 1.29 is 26.0 Å². The number of fused-ring (bicyclic) bond motifs is 1. The Morgan fingerprint density at radius 1 is 1.08 bits per heavy atom. The van der Waals surface area contributed by atoms with E-state index < -0.39 is 40.5 Å². The molecule has 7 nitrogen and oxygen atoms in total. The van der Waals surface area contributed by atoms with Crippen molar-refractivity contribution in [1.29, 1.82) is 0 Å². The predicted molar refractivity (Wildman–Crippen MR) is 128 cm³/mol. The van der Waals surface area contributed by atoms with Crippen LogP contribution in [0.5, 0.6) is 0 Å². The van der Waals surface area contributed by atoms with Gasteiger partial charge in [-0.2, -0.15) is 17.5 Å². The number of hydrogen-bond donors (Lipinski definition) is 1. The van der Waals surface area contributed by atoms with Gasteiger partial charge in [0.25, 0.3) is 0 Å². The van der Waals surface area contributed by atoms with Gasteiger partial charge in [0, 0.05) is 24.8 Å². The molecule has 3 aromatic rings. The van der Waals surface area contributed by atoms with E-state index >= 15 is 0 Å². The monoisotopic (exact) mass is 523 g/mol. The number of benzene rings is 2. The van der Waals surface area contributed by atoms with Gasteiger partial charge in [-0.3, -0.25) is 0 Å². The summed E-state index contributed by atoms with van der Waals surface area (Å²) in [6.07, 6.45) is 3.57. The van der Waals surface area contributed by atoms with Gasteiger partial charge in [0.15, 0.2) is 0 Å². The molecule has 1 atom stereocenters. The lowest BCUT2D eigenvalue weighted by molar-refractivity contribution is -0.0492. The second kappa shape index (κ2) is 10.0. The maximum absolute atomic E-state index is 13.6. The Hall–Kier alpha value is -3.25. The van der Waals surface area contributed by atoms with Crippen molar-refractivity contribution >= 4 is 21.4 Å². The van der Waals surface area contributed by atoms with Crippen molar-refractivity contribution in [3.8, 4) is 0 Å². The van der Waals surface area contributed by atoms with Crippen LogP contribution in [0.25, 0.3) is 0 Å². The first-order valence-corrected chi connectivity index (χ1v) is 12.6. The van der Waals surface area contributed by atoms with Crippen molar-refractivity contribution in [1.82, 2.24) is 14.3 Å².